The molecule has 0 spiro atoms. The molecule has 1 amide bonds. The third-order valence-corrected chi connectivity index (χ3v) is 5.34. The van der Waals surface area contributed by atoms with Crippen LogP contribution in [0.5, 0.6) is 0 Å². The zero-order valence-electron chi connectivity index (χ0n) is 15.1. The first-order valence-corrected chi connectivity index (χ1v) is 10.1. The van der Waals surface area contributed by atoms with E-state index >= 15 is 0 Å². The van der Waals surface area contributed by atoms with E-state index in [1.165, 1.54) is 10.5 Å². The van der Waals surface area contributed by atoms with Gasteiger partial charge in [-0.3, -0.25) is 14.7 Å². The number of ether oxygens (including phenoxy) is 1. The van der Waals surface area contributed by atoms with Crippen molar-refractivity contribution in [3.63, 3.8) is 0 Å². The Balaban J connectivity index is 1.60. The normalized spacial score (nSPS) is 16.2. The van der Waals surface area contributed by atoms with Gasteiger partial charge in [0.15, 0.2) is 0 Å². The Morgan fingerprint density at radius 1 is 1.19 bits per heavy atom. The molecule has 1 aromatic carbocycles. The number of morpholine rings is 1. The van der Waals surface area contributed by atoms with E-state index in [9.17, 15) is 4.79 Å². The third kappa shape index (κ3) is 5.30. The van der Waals surface area contributed by atoms with Gasteiger partial charge < -0.3 is 10.1 Å². The highest BCUT2D eigenvalue weighted by molar-refractivity contribution is 7.98. The van der Waals surface area contributed by atoms with Crippen LogP contribution in [0.4, 0.5) is 0 Å². The SMILES string of the molecule is CSc1ccc(CC(=O)NCC(c2ccncc2)N2CCOCC2)cc1. The summed E-state index contributed by atoms with van der Waals surface area (Å²) >= 11 is 1.70. The van der Waals surface area contributed by atoms with E-state index < -0.39 is 0 Å². The number of nitrogens with zero attached hydrogens (tertiary/aromatic N) is 2. The molecular weight excluding hydrogens is 346 g/mol. The van der Waals surface area contributed by atoms with Crippen LogP contribution in [0.2, 0.25) is 0 Å². The molecule has 6 heteroatoms. The van der Waals surface area contributed by atoms with Crippen LogP contribution in [0.25, 0.3) is 0 Å². The fourth-order valence-corrected chi connectivity index (χ4v) is 3.54. The van der Waals surface area contributed by atoms with Gasteiger partial charge in [-0.15, -0.1) is 11.8 Å². The van der Waals surface area contributed by atoms with Gasteiger partial charge in [-0.2, -0.15) is 0 Å². The Morgan fingerprint density at radius 2 is 1.88 bits per heavy atom. The average molecular weight is 372 g/mol. The zero-order valence-corrected chi connectivity index (χ0v) is 15.9. The van der Waals surface area contributed by atoms with Gasteiger partial charge in [0.25, 0.3) is 0 Å². The fourth-order valence-electron chi connectivity index (χ4n) is 3.13. The number of pyridine rings is 1. The van der Waals surface area contributed by atoms with Gasteiger partial charge in [0.2, 0.25) is 5.91 Å². The molecule has 0 saturated carbocycles. The fraction of sp³-hybridized carbons (Fsp3) is 0.400. The monoisotopic (exact) mass is 371 g/mol. The number of thioether (sulfide) groups is 1. The van der Waals surface area contributed by atoms with Gasteiger partial charge in [-0.1, -0.05) is 12.1 Å². The van der Waals surface area contributed by atoms with Gasteiger partial charge >= 0.3 is 0 Å². The van der Waals surface area contributed by atoms with E-state index in [-0.39, 0.29) is 11.9 Å². The highest BCUT2D eigenvalue weighted by Crippen LogP contribution is 2.21. The largest absolute Gasteiger partial charge is 0.379 e. The summed E-state index contributed by atoms with van der Waals surface area (Å²) in [6.45, 7) is 3.80. The smallest absolute Gasteiger partial charge is 0.224 e. The van der Waals surface area contributed by atoms with Crippen molar-refractivity contribution in [2.24, 2.45) is 0 Å². The Morgan fingerprint density at radius 3 is 2.54 bits per heavy atom. The van der Waals surface area contributed by atoms with Crippen LogP contribution < -0.4 is 5.32 Å². The summed E-state index contributed by atoms with van der Waals surface area (Å²) in [4.78, 5) is 20.1. The maximum Gasteiger partial charge on any atom is 0.224 e. The number of carbonyl (C=O) groups is 1. The molecular formula is C20H25N3O2S. The lowest BCUT2D eigenvalue weighted by molar-refractivity contribution is -0.120. The molecule has 0 radical (unpaired) electrons. The minimum absolute atomic E-state index is 0.0502. The van der Waals surface area contributed by atoms with Crippen molar-refractivity contribution >= 4 is 17.7 Å². The first-order valence-electron chi connectivity index (χ1n) is 8.87. The number of aromatic nitrogens is 1. The van der Waals surface area contributed by atoms with Gasteiger partial charge in [-0.05, 0) is 41.6 Å². The van der Waals surface area contributed by atoms with Gasteiger partial charge in [0, 0.05) is 36.9 Å². The van der Waals surface area contributed by atoms with E-state index in [0.717, 1.165) is 31.9 Å². The Labute approximate surface area is 159 Å². The van der Waals surface area contributed by atoms with Crippen LogP contribution in [-0.4, -0.2) is 54.9 Å². The molecule has 1 unspecified atom stereocenters. The van der Waals surface area contributed by atoms with Crippen LogP contribution in [0.3, 0.4) is 0 Å². The van der Waals surface area contributed by atoms with E-state index in [4.69, 9.17) is 4.74 Å². The number of nitrogens with one attached hydrogen (secondary N) is 1. The molecule has 1 saturated heterocycles. The number of rotatable bonds is 7. The van der Waals surface area contributed by atoms with E-state index in [1.54, 1.807) is 24.2 Å². The van der Waals surface area contributed by atoms with E-state index in [2.05, 4.69) is 27.3 Å². The molecule has 1 aliphatic rings. The van der Waals surface area contributed by atoms with E-state index in [0.29, 0.717) is 13.0 Å². The van der Waals surface area contributed by atoms with Crippen LogP contribution in [0.15, 0.2) is 53.7 Å². The molecule has 5 nitrogen and oxygen atoms in total. The predicted molar refractivity (Wildman–Crippen MR) is 104 cm³/mol. The second-order valence-corrected chi connectivity index (χ2v) is 7.15. The lowest BCUT2D eigenvalue weighted by Crippen LogP contribution is -2.44. The van der Waals surface area contributed by atoms with Crippen molar-refractivity contribution in [2.45, 2.75) is 17.4 Å². The molecule has 1 fully saturated rings. The maximum absolute atomic E-state index is 12.4. The number of carbonyl (C=O) groups excluding carboxylic acids is 1. The molecule has 3 rings (SSSR count). The molecule has 1 atom stereocenters. The number of benzene rings is 1. The first kappa shape index (κ1) is 18.9. The zero-order chi connectivity index (χ0) is 18.2. The second kappa shape index (κ2) is 9.71. The average Bonchev–Trinajstić information content (AvgIpc) is 2.70. The summed E-state index contributed by atoms with van der Waals surface area (Å²) in [5.74, 6) is 0.0502. The van der Waals surface area contributed by atoms with Crippen LogP contribution >= 0.6 is 11.8 Å². The van der Waals surface area contributed by atoms with Crippen molar-refractivity contribution in [3.8, 4) is 0 Å². The van der Waals surface area contributed by atoms with Crippen LogP contribution in [-0.2, 0) is 16.0 Å². The van der Waals surface area contributed by atoms with Crippen LogP contribution in [0, 0.1) is 0 Å². The third-order valence-electron chi connectivity index (χ3n) is 4.59. The lowest BCUT2D eigenvalue weighted by atomic mass is 10.1. The summed E-state index contributed by atoms with van der Waals surface area (Å²) in [6.07, 6.45) is 6.06. The van der Waals surface area contributed by atoms with Crippen molar-refractivity contribution < 1.29 is 9.53 Å². The van der Waals surface area contributed by atoms with Gasteiger partial charge in [0.05, 0.1) is 25.7 Å². The van der Waals surface area contributed by atoms with Gasteiger partial charge in [0.1, 0.15) is 0 Å². The number of hydrogen-bond acceptors (Lipinski definition) is 5. The standard InChI is InChI=1S/C20H25N3O2S/c1-26-18-4-2-16(3-5-18)14-20(24)22-15-19(17-6-8-21-9-7-17)23-10-12-25-13-11-23/h2-9,19H,10-15H2,1H3,(H,22,24). The highest BCUT2D eigenvalue weighted by atomic mass is 32.2. The van der Waals surface area contributed by atoms with Crippen molar-refractivity contribution in [1.82, 2.24) is 15.2 Å². The Hall–Kier alpha value is -1.89. The number of amides is 1. The summed E-state index contributed by atoms with van der Waals surface area (Å²) in [6, 6.07) is 12.3. The van der Waals surface area contributed by atoms with Crippen molar-refractivity contribution in [1.29, 1.82) is 0 Å². The molecule has 2 aromatic rings. The lowest BCUT2D eigenvalue weighted by Gasteiger charge is -2.34. The molecule has 2 heterocycles. The topological polar surface area (TPSA) is 54.5 Å². The molecule has 138 valence electrons. The van der Waals surface area contributed by atoms with E-state index in [1.807, 2.05) is 30.5 Å². The predicted octanol–water partition coefficient (Wildman–Crippen LogP) is 2.54. The number of hydrogen-bond donors (Lipinski definition) is 1. The first-order chi connectivity index (χ1) is 12.8. The minimum Gasteiger partial charge on any atom is -0.379 e. The summed E-state index contributed by atoms with van der Waals surface area (Å²) < 4.78 is 5.47. The molecule has 1 aromatic heterocycles. The molecule has 26 heavy (non-hydrogen) atoms. The van der Waals surface area contributed by atoms with Crippen LogP contribution in [0.1, 0.15) is 17.2 Å². The van der Waals surface area contributed by atoms with Gasteiger partial charge in [-0.25, -0.2) is 0 Å². The maximum atomic E-state index is 12.4. The van der Waals surface area contributed by atoms with Crippen molar-refractivity contribution in [2.75, 3.05) is 39.1 Å². The highest BCUT2D eigenvalue weighted by Gasteiger charge is 2.23. The minimum atomic E-state index is 0.0502. The summed E-state index contributed by atoms with van der Waals surface area (Å²) in [5, 5.41) is 3.11. The Bertz CT molecular complexity index is 688. The molecule has 1 N–H and O–H groups in total. The molecule has 1 aliphatic heterocycles. The Kier molecular flexibility index (Phi) is 7.05. The second-order valence-electron chi connectivity index (χ2n) is 6.27. The quantitative estimate of drug-likeness (QED) is 0.758. The van der Waals surface area contributed by atoms with Crippen molar-refractivity contribution in [3.05, 3.63) is 59.9 Å². The summed E-state index contributed by atoms with van der Waals surface area (Å²) in [5.41, 5.74) is 2.21. The molecule has 0 bridgehead atoms. The summed E-state index contributed by atoms with van der Waals surface area (Å²) in [7, 11) is 0. The molecule has 0 aliphatic carbocycles.